The summed E-state index contributed by atoms with van der Waals surface area (Å²) in [5.41, 5.74) is 0. The molecular weight excluding hydrogens is 1460 g/mol. The lowest BCUT2D eigenvalue weighted by molar-refractivity contribution is -0.161. The first-order chi connectivity index (χ1) is 55.2. The number of aliphatic hydroxyl groups excluding tert-OH is 2. The lowest BCUT2D eigenvalue weighted by Gasteiger charge is -2.21. The molecule has 0 aromatic rings. The molecule has 0 aromatic heterocycles. The highest BCUT2D eigenvalue weighted by molar-refractivity contribution is 7.47. The summed E-state index contributed by atoms with van der Waals surface area (Å²) in [5.74, 6) is -1.59. The van der Waals surface area contributed by atoms with Crippen LogP contribution in [0.3, 0.4) is 0 Å². The maximum atomic E-state index is 13.0. The van der Waals surface area contributed by atoms with Gasteiger partial charge in [-0.05, 0) is 141 Å². The first-order valence-corrected chi connectivity index (χ1v) is 48.1. The van der Waals surface area contributed by atoms with Crippen molar-refractivity contribution in [1.29, 1.82) is 0 Å². The molecule has 0 saturated carbocycles. The molecule has 0 amide bonds. The third-order valence-electron chi connectivity index (χ3n) is 19.0. The van der Waals surface area contributed by atoms with Gasteiger partial charge < -0.3 is 34.2 Å². The molecule has 0 aromatic carbocycles. The highest BCUT2D eigenvalue weighted by Gasteiger charge is 2.29. The van der Waals surface area contributed by atoms with Crippen LogP contribution in [0.4, 0.5) is 0 Å². The fourth-order valence-electron chi connectivity index (χ4n) is 12.2. The van der Waals surface area contributed by atoms with Crippen LogP contribution in [0.25, 0.3) is 0 Å². The maximum absolute atomic E-state index is 13.0. The molecule has 0 saturated heterocycles. The van der Waals surface area contributed by atoms with Gasteiger partial charge >= 0.3 is 33.6 Å². The normalized spacial score (nSPS) is 14.5. The molecule has 0 rings (SSSR count). The van der Waals surface area contributed by atoms with Crippen molar-refractivity contribution in [2.24, 2.45) is 0 Å². The summed E-state index contributed by atoms with van der Waals surface area (Å²) in [6.07, 6.45) is 109. The minimum atomic E-state index is -4.94. The predicted octanol–water partition coefficient (Wildman–Crippen LogP) is 27.6. The third kappa shape index (κ3) is 88.1. The van der Waals surface area contributed by atoms with E-state index in [-0.39, 0.29) is 19.3 Å². The van der Waals surface area contributed by atoms with Gasteiger partial charge in [-0.15, -0.1) is 0 Å². The van der Waals surface area contributed by atoms with Crippen molar-refractivity contribution in [3.63, 3.8) is 0 Å². The Hall–Kier alpha value is -4.57. The Kier molecular flexibility index (Phi) is 83.3. The van der Waals surface area contributed by atoms with Crippen molar-refractivity contribution in [2.45, 2.75) is 399 Å². The zero-order valence-electron chi connectivity index (χ0n) is 71.5. The number of hydrogen-bond acceptors (Lipinski definition) is 14. The van der Waals surface area contributed by atoms with Crippen molar-refractivity contribution >= 4 is 33.6 Å². The number of unbranched alkanes of at least 4 members (excludes halogenated alkanes) is 38. The van der Waals surface area contributed by atoms with Gasteiger partial charge in [0.1, 0.15) is 25.4 Å². The fraction of sp³-hybridized carbons (Fsp3) is 0.716. The van der Waals surface area contributed by atoms with E-state index in [9.17, 15) is 43.5 Å². The summed E-state index contributed by atoms with van der Waals surface area (Å²) in [6.45, 7) is 2.49. The fourth-order valence-corrected chi connectivity index (χ4v) is 13.8. The molecule has 0 fully saturated rings. The van der Waals surface area contributed by atoms with Crippen molar-refractivity contribution in [3.8, 4) is 0 Å². The molecule has 650 valence electrons. The van der Waals surface area contributed by atoms with Crippen LogP contribution in [0.2, 0.25) is 0 Å². The lowest BCUT2D eigenvalue weighted by Crippen LogP contribution is -2.30. The number of phosphoric ester groups is 2. The number of rotatable bonds is 85. The van der Waals surface area contributed by atoms with Crippen molar-refractivity contribution in [1.82, 2.24) is 0 Å². The Balaban J connectivity index is 4.39. The topological polar surface area (TPSA) is 231 Å². The average molecular weight is 1620 g/mol. The van der Waals surface area contributed by atoms with E-state index < -0.39 is 91.5 Å². The van der Waals surface area contributed by atoms with Crippen LogP contribution in [0.5, 0.6) is 0 Å². The van der Waals surface area contributed by atoms with Crippen LogP contribution in [-0.4, -0.2) is 95.9 Å². The summed E-state index contributed by atoms with van der Waals surface area (Å²) in [6, 6.07) is 0. The van der Waals surface area contributed by atoms with E-state index in [0.717, 1.165) is 161 Å². The van der Waals surface area contributed by atoms with Gasteiger partial charge in [0, 0.05) is 19.3 Å². The second-order valence-electron chi connectivity index (χ2n) is 30.0. The summed E-state index contributed by atoms with van der Waals surface area (Å²) in [7, 11) is -9.80. The molecule has 0 spiro atoms. The number of aliphatic hydroxyl groups is 2. The summed E-state index contributed by atoms with van der Waals surface area (Å²) in [4.78, 5) is 58.8. The van der Waals surface area contributed by atoms with Gasteiger partial charge in [0.2, 0.25) is 0 Å². The Morgan fingerprint density at radius 2 is 0.487 bits per heavy atom. The molecule has 0 bridgehead atoms. The molecule has 16 nitrogen and oxygen atoms in total. The van der Waals surface area contributed by atoms with E-state index in [4.69, 9.17) is 32.3 Å². The van der Waals surface area contributed by atoms with Gasteiger partial charge in [-0.3, -0.25) is 32.5 Å². The SMILES string of the molecule is CC/C=C\C/C=C\C/C=C\C/C=C\C/C=C\C/C=C\CCCCCCCCCCCCC(=O)OCC(COP(=O)(O)OCC(O)COP(=O)(O)OCC(O)COC(=O)CCCCCCCCCCCCCCCCCCCCC/C=C\C/C=C\C/C=C\C/C=C\CCCCC)OC(=O)CCCCCCC/C=C\C/C=C\CCC. The van der Waals surface area contributed by atoms with E-state index in [0.29, 0.717) is 19.3 Å². The molecule has 0 heterocycles. The molecule has 0 aliphatic heterocycles. The average Bonchev–Trinajstić information content (AvgIpc) is 0.899. The molecule has 0 aliphatic rings. The van der Waals surface area contributed by atoms with Crippen LogP contribution >= 0.6 is 15.6 Å². The van der Waals surface area contributed by atoms with Gasteiger partial charge in [0.25, 0.3) is 0 Å². The van der Waals surface area contributed by atoms with Crippen molar-refractivity contribution in [2.75, 3.05) is 39.6 Å². The number of ether oxygens (including phenoxy) is 3. The largest absolute Gasteiger partial charge is 0.472 e. The molecule has 0 radical (unpaired) electrons. The molecule has 5 unspecified atom stereocenters. The number of hydrogen-bond donors (Lipinski definition) is 4. The number of carbonyl (C=O) groups excluding carboxylic acids is 3. The first-order valence-electron chi connectivity index (χ1n) is 45.1. The van der Waals surface area contributed by atoms with Gasteiger partial charge in [0.15, 0.2) is 6.10 Å². The second kappa shape index (κ2) is 86.8. The highest BCUT2D eigenvalue weighted by atomic mass is 31.2. The Morgan fingerprint density at radius 1 is 0.257 bits per heavy atom. The zero-order chi connectivity index (χ0) is 82.2. The van der Waals surface area contributed by atoms with Gasteiger partial charge in [0.05, 0.1) is 26.4 Å². The highest BCUT2D eigenvalue weighted by Crippen LogP contribution is 2.45. The van der Waals surface area contributed by atoms with Crippen molar-refractivity contribution < 1.29 is 75.8 Å². The minimum absolute atomic E-state index is 0.0851. The van der Waals surface area contributed by atoms with E-state index in [1.807, 2.05) is 0 Å². The van der Waals surface area contributed by atoms with E-state index in [2.05, 4.69) is 167 Å². The van der Waals surface area contributed by atoms with Crippen molar-refractivity contribution in [3.05, 3.63) is 146 Å². The molecule has 113 heavy (non-hydrogen) atoms. The first kappa shape index (κ1) is 108. The molecule has 18 heteroatoms. The van der Waals surface area contributed by atoms with E-state index in [1.54, 1.807) is 0 Å². The van der Waals surface area contributed by atoms with Crippen LogP contribution in [0, 0.1) is 0 Å². The van der Waals surface area contributed by atoms with Crippen LogP contribution in [0.15, 0.2) is 146 Å². The molecule has 0 aliphatic carbocycles. The quantitative estimate of drug-likeness (QED) is 0.0146. The summed E-state index contributed by atoms with van der Waals surface area (Å²) < 4.78 is 61.3. The maximum Gasteiger partial charge on any atom is 0.472 e. The van der Waals surface area contributed by atoms with Crippen LogP contribution in [-0.2, 0) is 55.8 Å². The summed E-state index contributed by atoms with van der Waals surface area (Å²) in [5, 5.41) is 20.7. The van der Waals surface area contributed by atoms with Gasteiger partial charge in [-0.25, -0.2) is 9.13 Å². The molecular formula is C95H164O16P2. The van der Waals surface area contributed by atoms with Gasteiger partial charge in [-0.2, -0.15) is 0 Å². The number of allylic oxidation sites excluding steroid dienone is 24. The second-order valence-corrected chi connectivity index (χ2v) is 32.9. The Bertz CT molecular complexity index is 2630. The Labute approximate surface area is 689 Å². The number of phosphoric acid groups is 2. The summed E-state index contributed by atoms with van der Waals surface area (Å²) >= 11 is 0. The van der Waals surface area contributed by atoms with E-state index in [1.165, 1.54) is 161 Å². The van der Waals surface area contributed by atoms with Crippen LogP contribution < -0.4 is 0 Å². The zero-order valence-corrected chi connectivity index (χ0v) is 73.3. The van der Waals surface area contributed by atoms with Crippen LogP contribution in [0.1, 0.15) is 380 Å². The predicted molar refractivity (Wildman–Crippen MR) is 473 cm³/mol. The minimum Gasteiger partial charge on any atom is -0.463 e. The molecule has 4 N–H and O–H groups in total. The standard InChI is InChI=1S/C95H164O16P2/c1-4-7-10-13-16-19-22-25-27-29-31-33-35-37-39-41-42-43-44-45-46-48-50-51-53-55-57-59-61-64-66-69-72-75-78-81-93(98)105-84-90(96)85-107-112(101,102)108-86-91(97)87-109-113(103,104)110-89-92(111-95(100)83-80-77-74-71-68-63-24-21-18-15-12-9-6-3)88-106-94(99)82-79-76-73-70-67-65-62-60-58-56-54-52-49-47-40-38-36-34-32-30-28-26-23-20-17-14-11-8-5-2/h8,11-12,15-17,19-21,24-28,31-34,37-40,49,52,90-92,96-97H,4-7,9-10,13-14,18,22-23,29-30,35-36,41-48,50-51,53-89H2,1-3H3,(H,101,102)(H,103,104)/b11-8-,15-12-,19-16-,20-17-,24-21-,27-25-,28-26-,33-31-,34-32-,39-37-,40-38-,52-49-. The van der Waals surface area contributed by atoms with Gasteiger partial charge in [-0.1, -0.05) is 366 Å². The third-order valence-corrected chi connectivity index (χ3v) is 20.9. The number of esters is 3. The monoisotopic (exact) mass is 1620 g/mol. The molecule has 5 atom stereocenters. The number of carbonyl (C=O) groups is 3. The van der Waals surface area contributed by atoms with E-state index >= 15 is 0 Å². The smallest absolute Gasteiger partial charge is 0.463 e. The Morgan fingerprint density at radius 3 is 0.779 bits per heavy atom. The lowest BCUT2D eigenvalue weighted by atomic mass is 10.0.